The first kappa shape index (κ1) is 15.9. The summed E-state index contributed by atoms with van der Waals surface area (Å²) in [7, 11) is 0. The number of benzene rings is 1. The van der Waals surface area contributed by atoms with Crippen molar-refractivity contribution in [1.82, 2.24) is 14.7 Å². The second-order valence-corrected chi connectivity index (χ2v) is 6.74. The van der Waals surface area contributed by atoms with Gasteiger partial charge in [-0.2, -0.15) is 5.10 Å². The zero-order valence-corrected chi connectivity index (χ0v) is 14.5. The Labute approximate surface area is 147 Å². The first-order valence-corrected chi connectivity index (χ1v) is 8.99. The van der Waals surface area contributed by atoms with Crippen LogP contribution in [0.25, 0.3) is 6.08 Å². The van der Waals surface area contributed by atoms with Crippen LogP contribution < -0.4 is 4.74 Å². The average molecular weight is 337 g/mol. The lowest BCUT2D eigenvalue weighted by Crippen LogP contribution is -2.38. The van der Waals surface area contributed by atoms with Gasteiger partial charge >= 0.3 is 0 Å². The topological polar surface area (TPSA) is 47.4 Å². The van der Waals surface area contributed by atoms with Crippen LogP contribution in [0.4, 0.5) is 0 Å². The highest BCUT2D eigenvalue weighted by Gasteiger charge is 2.36. The highest BCUT2D eigenvalue weighted by molar-refractivity contribution is 5.92. The minimum atomic E-state index is -0.299. The van der Waals surface area contributed by atoms with Crippen LogP contribution in [-0.2, 0) is 6.54 Å². The second-order valence-electron chi connectivity index (χ2n) is 6.74. The SMILES string of the molecule is CCn1ccc(C(=O)N2CCCC3(C=Cc4ccccc4O3)CC2)n1. The van der Waals surface area contributed by atoms with Crippen molar-refractivity contribution in [1.29, 1.82) is 0 Å². The number of carbonyl (C=O) groups excluding carboxylic acids is 1. The molecule has 0 saturated carbocycles. The summed E-state index contributed by atoms with van der Waals surface area (Å²) in [6, 6.07) is 9.91. The smallest absolute Gasteiger partial charge is 0.274 e. The number of nitrogens with zero attached hydrogens (tertiary/aromatic N) is 3. The molecule has 4 rings (SSSR count). The van der Waals surface area contributed by atoms with Crippen molar-refractivity contribution in [2.45, 2.75) is 38.3 Å². The van der Waals surface area contributed by atoms with E-state index in [-0.39, 0.29) is 11.5 Å². The normalized spacial score (nSPS) is 22.4. The molecule has 0 N–H and O–H groups in total. The second kappa shape index (κ2) is 6.39. The molecular formula is C20H23N3O2. The van der Waals surface area contributed by atoms with Gasteiger partial charge in [0.25, 0.3) is 5.91 Å². The summed E-state index contributed by atoms with van der Waals surface area (Å²) in [6.45, 7) is 4.22. The van der Waals surface area contributed by atoms with Crippen LogP contribution in [0.3, 0.4) is 0 Å². The van der Waals surface area contributed by atoms with Crippen molar-refractivity contribution in [3.63, 3.8) is 0 Å². The summed E-state index contributed by atoms with van der Waals surface area (Å²) >= 11 is 0. The molecule has 2 aliphatic heterocycles. The molecule has 5 heteroatoms. The quantitative estimate of drug-likeness (QED) is 0.844. The van der Waals surface area contributed by atoms with Crippen molar-refractivity contribution in [3.05, 3.63) is 53.9 Å². The van der Waals surface area contributed by atoms with E-state index < -0.39 is 0 Å². The summed E-state index contributed by atoms with van der Waals surface area (Å²) in [6.07, 6.45) is 8.83. The molecule has 1 aromatic heterocycles. The third-order valence-corrected chi connectivity index (χ3v) is 5.10. The minimum Gasteiger partial charge on any atom is -0.483 e. The minimum absolute atomic E-state index is 0.0180. The average Bonchev–Trinajstić information content (AvgIpc) is 3.04. The molecule has 25 heavy (non-hydrogen) atoms. The molecule has 2 aromatic rings. The Morgan fingerprint density at radius 2 is 2.12 bits per heavy atom. The van der Waals surface area contributed by atoms with Gasteiger partial charge < -0.3 is 9.64 Å². The number of amides is 1. The number of hydrogen-bond donors (Lipinski definition) is 0. The Morgan fingerprint density at radius 1 is 1.24 bits per heavy atom. The molecule has 0 radical (unpaired) electrons. The van der Waals surface area contributed by atoms with Crippen LogP contribution in [0.2, 0.25) is 0 Å². The molecule has 1 saturated heterocycles. The van der Waals surface area contributed by atoms with Crippen LogP contribution in [0, 0.1) is 0 Å². The number of para-hydroxylation sites is 1. The van der Waals surface area contributed by atoms with E-state index in [9.17, 15) is 4.79 Å². The van der Waals surface area contributed by atoms with E-state index in [1.165, 1.54) is 0 Å². The van der Waals surface area contributed by atoms with Gasteiger partial charge in [-0.15, -0.1) is 0 Å². The molecular weight excluding hydrogens is 314 g/mol. The van der Waals surface area contributed by atoms with Crippen LogP contribution >= 0.6 is 0 Å². The van der Waals surface area contributed by atoms with Gasteiger partial charge in [-0.3, -0.25) is 9.48 Å². The summed E-state index contributed by atoms with van der Waals surface area (Å²) in [5.41, 5.74) is 1.35. The lowest BCUT2D eigenvalue weighted by atomic mass is 9.91. The lowest BCUT2D eigenvalue weighted by Gasteiger charge is -2.34. The van der Waals surface area contributed by atoms with Gasteiger partial charge in [0.05, 0.1) is 0 Å². The van der Waals surface area contributed by atoms with Gasteiger partial charge in [-0.1, -0.05) is 24.3 Å². The number of hydrogen-bond acceptors (Lipinski definition) is 3. The van der Waals surface area contributed by atoms with E-state index in [1.807, 2.05) is 36.2 Å². The maximum Gasteiger partial charge on any atom is 0.274 e. The maximum atomic E-state index is 12.7. The molecule has 1 amide bonds. The van der Waals surface area contributed by atoms with Crippen molar-refractivity contribution in [2.24, 2.45) is 0 Å². The number of rotatable bonds is 2. The number of aryl methyl sites for hydroxylation is 1. The van der Waals surface area contributed by atoms with Gasteiger partial charge in [-0.05, 0) is 38.0 Å². The molecule has 1 atom stereocenters. The number of ether oxygens (including phenoxy) is 1. The fourth-order valence-electron chi connectivity index (χ4n) is 3.62. The molecule has 5 nitrogen and oxygen atoms in total. The predicted octanol–water partition coefficient (Wildman–Crippen LogP) is 3.37. The van der Waals surface area contributed by atoms with E-state index in [4.69, 9.17) is 4.74 Å². The molecule has 2 aliphatic rings. The van der Waals surface area contributed by atoms with E-state index in [0.29, 0.717) is 12.2 Å². The van der Waals surface area contributed by atoms with Gasteiger partial charge in [0.2, 0.25) is 0 Å². The van der Waals surface area contributed by atoms with Crippen LogP contribution in [0.15, 0.2) is 42.6 Å². The van der Waals surface area contributed by atoms with Crippen molar-refractivity contribution >= 4 is 12.0 Å². The standard InChI is InChI=1S/C20H23N3O2/c1-2-23-14-9-17(21-23)19(24)22-13-5-10-20(12-15-22)11-8-16-6-3-4-7-18(16)25-20/h3-4,6-9,11,14H,2,5,10,12-13,15H2,1H3. The van der Waals surface area contributed by atoms with Gasteiger partial charge in [0.15, 0.2) is 0 Å². The zero-order valence-electron chi connectivity index (χ0n) is 14.5. The van der Waals surface area contributed by atoms with Crippen molar-refractivity contribution < 1.29 is 9.53 Å². The Kier molecular flexibility index (Phi) is 4.07. The molecule has 0 bridgehead atoms. The van der Waals surface area contributed by atoms with E-state index >= 15 is 0 Å². The third kappa shape index (κ3) is 3.06. The molecule has 3 heterocycles. The first-order valence-electron chi connectivity index (χ1n) is 8.99. The molecule has 130 valence electrons. The van der Waals surface area contributed by atoms with Gasteiger partial charge in [0, 0.05) is 37.8 Å². The molecule has 0 aliphatic carbocycles. The van der Waals surface area contributed by atoms with Crippen molar-refractivity contribution in [3.8, 4) is 5.75 Å². The number of fused-ring (bicyclic) bond motifs is 1. The van der Waals surface area contributed by atoms with Crippen LogP contribution in [-0.4, -0.2) is 39.3 Å². The summed E-state index contributed by atoms with van der Waals surface area (Å²) in [4.78, 5) is 14.7. The van der Waals surface area contributed by atoms with Crippen molar-refractivity contribution in [2.75, 3.05) is 13.1 Å². The first-order chi connectivity index (χ1) is 12.2. The van der Waals surface area contributed by atoms with Crippen LogP contribution in [0.1, 0.15) is 42.2 Å². The van der Waals surface area contributed by atoms with Crippen LogP contribution in [0.5, 0.6) is 5.75 Å². The van der Waals surface area contributed by atoms with E-state index in [1.54, 1.807) is 10.7 Å². The summed E-state index contributed by atoms with van der Waals surface area (Å²) in [5, 5.41) is 4.35. The highest BCUT2D eigenvalue weighted by atomic mass is 16.5. The Bertz CT molecular complexity index is 811. The molecule has 1 aromatic carbocycles. The number of likely N-dealkylation sites (tertiary alicyclic amines) is 1. The van der Waals surface area contributed by atoms with E-state index in [0.717, 1.165) is 43.7 Å². The Balaban J connectivity index is 1.48. The maximum absolute atomic E-state index is 12.7. The fraction of sp³-hybridized carbons (Fsp3) is 0.400. The Hall–Kier alpha value is -2.56. The predicted molar refractivity (Wildman–Crippen MR) is 96.5 cm³/mol. The largest absolute Gasteiger partial charge is 0.483 e. The molecule has 1 spiro atoms. The zero-order chi connectivity index (χ0) is 17.3. The van der Waals surface area contributed by atoms with E-state index in [2.05, 4.69) is 23.3 Å². The Morgan fingerprint density at radius 3 is 2.96 bits per heavy atom. The molecule has 1 unspecified atom stereocenters. The highest BCUT2D eigenvalue weighted by Crippen LogP contribution is 2.37. The summed E-state index contributed by atoms with van der Waals surface area (Å²) in [5.74, 6) is 0.955. The number of carbonyl (C=O) groups is 1. The summed E-state index contributed by atoms with van der Waals surface area (Å²) < 4.78 is 8.14. The fourth-order valence-corrected chi connectivity index (χ4v) is 3.62. The third-order valence-electron chi connectivity index (χ3n) is 5.10. The monoisotopic (exact) mass is 337 g/mol. The van der Waals surface area contributed by atoms with Gasteiger partial charge in [0.1, 0.15) is 17.0 Å². The lowest BCUT2D eigenvalue weighted by molar-refractivity contribution is 0.0724. The molecule has 1 fully saturated rings. The van der Waals surface area contributed by atoms with Gasteiger partial charge in [-0.25, -0.2) is 0 Å². The number of aromatic nitrogens is 2.